The first-order chi connectivity index (χ1) is 8.97. The van der Waals surface area contributed by atoms with Gasteiger partial charge in [-0.2, -0.15) is 0 Å². The molecule has 0 bridgehead atoms. The highest BCUT2D eigenvalue weighted by molar-refractivity contribution is 6.39. The van der Waals surface area contributed by atoms with E-state index in [1.807, 2.05) is 39.0 Å². The number of carbonyl (C=O) groups excluding carboxylic acids is 2. The van der Waals surface area contributed by atoms with Crippen LogP contribution in [0.1, 0.15) is 30.9 Å². The molecule has 0 atom stereocenters. The Morgan fingerprint density at radius 2 is 1.95 bits per heavy atom. The number of para-hydroxylation sites is 1. The zero-order valence-corrected chi connectivity index (χ0v) is 12.2. The Morgan fingerprint density at radius 1 is 1.26 bits per heavy atom. The Kier molecular flexibility index (Phi) is 5.83. The third-order valence-corrected chi connectivity index (χ3v) is 2.94. The second-order valence-electron chi connectivity index (χ2n) is 4.59. The molecule has 0 aliphatic heterocycles. The number of rotatable bonds is 4. The van der Waals surface area contributed by atoms with Crippen LogP contribution in [0.25, 0.3) is 0 Å². The molecule has 0 radical (unpaired) electrons. The van der Waals surface area contributed by atoms with Crippen LogP contribution in [0.3, 0.4) is 0 Å². The molecule has 5 heteroatoms. The maximum atomic E-state index is 11.8. The van der Waals surface area contributed by atoms with Gasteiger partial charge in [-0.15, -0.1) is 11.6 Å². The number of nitrogens with one attached hydrogen (secondary N) is 2. The third kappa shape index (κ3) is 4.24. The Morgan fingerprint density at radius 3 is 2.53 bits per heavy atom. The van der Waals surface area contributed by atoms with Gasteiger partial charge in [-0.05, 0) is 24.0 Å². The molecule has 1 aromatic carbocycles. The second-order valence-corrected chi connectivity index (χ2v) is 4.97. The van der Waals surface area contributed by atoms with E-state index < -0.39 is 11.8 Å². The minimum atomic E-state index is -0.668. The van der Waals surface area contributed by atoms with Crippen LogP contribution in [-0.2, 0) is 9.59 Å². The van der Waals surface area contributed by atoms with Crippen molar-refractivity contribution >= 4 is 29.1 Å². The Balaban J connectivity index is 2.87. The lowest BCUT2D eigenvalue weighted by molar-refractivity contribution is -0.136. The van der Waals surface area contributed by atoms with E-state index in [-0.39, 0.29) is 18.3 Å². The lowest BCUT2D eigenvalue weighted by atomic mass is 9.98. The van der Waals surface area contributed by atoms with Gasteiger partial charge in [-0.1, -0.05) is 32.0 Å². The van der Waals surface area contributed by atoms with Crippen molar-refractivity contribution in [1.29, 1.82) is 0 Å². The minimum Gasteiger partial charge on any atom is -0.347 e. The Hall–Kier alpha value is -1.55. The topological polar surface area (TPSA) is 58.2 Å². The summed E-state index contributed by atoms with van der Waals surface area (Å²) in [6.45, 7) is 6.26. The van der Waals surface area contributed by atoms with E-state index in [1.54, 1.807) is 0 Å². The van der Waals surface area contributed by atoms with E-state index in [9.17, 15) is 9.59 Å². The summed E-state index contributed by atoms with van der Waals surface area (Å²) in [5, 5.41) is 5.11. The second kappa shape index (κ2) is 7.14. The zero-order valence-electron chi connectivity index (χ0n) is 11.4. The smallest absolute Gasteiger partial charge is 0.313 e. The van der Waals surface area contributed by atoms with Crippen LogP contribution in [0.2, 0.25) is 0 Å². The molecule has 0 heterocycles. The van der Waals surface area contributed by atoms with Crippen molar-refractivity contribution < 1.29 is 9.59 Å². The van der Waals surface area contributed by atoms with Crippen LogP contribution >= 0.6 is 11.6 Å². The van der Waals surface area contributed by atoms with Gasteiger partial charge in [0.2, 0.25) is 0 Å². The molecule has 0 saturated heterocycles. The number of carbonyl (C=O) groups is 2. The van der Waals surface area contributed by atoms with Gasteiger partial charge in [-0.25, -0.2) is 0 Å². The van der Waals surface area contributed by atoms with Crippen molar-refractivity contribution in [1.82, 2.24) is 5.32 Å². The largest absolute Gasteiger partial charge is 0.347 e. The fourth-order valence-electron chi connectivity index (χ4n) is 1.75. The van der Waals surface area contributed by atoms with Crippen molar-refractivity contribution in [3.05, 3.63) is 29.3 Å². The first-order valence-corrected chi connectivity index (χ1v) is 6.75. The number of benzene rings is 1. The quantitative estimate of drug-likeness (QED) is 0.658. The number of hydrogen-bond acceptors (Lipinski definition) is 2. The number of amides is 2. The van der Waals surface area contributed by atoms with Crippen LogP contribution in [-0.4, -0.2) is 24.2 Å². The molecular formula is C14H19ClN2O2. The summed E-state index contributed by atoms with van der Waals surface area (Å²) in [6.07, 6.45) is 0. The fraction of sp³-hybridized carbons (Fsp3) is 0.429. The summed E-state index contributed by atoms with van der Waals surface area (Å²) in [5.74, 6) is -0.790. The van der Waals surface area contributed by atoms with Crippen molar-refractivity contribution in [2.24, 2.45) is 0 Å². The third-order valence-electron chi connectivity index (χ3n) is 2.75. The van der Waals surface area contributed by atoms with E-state index in [0.717, 1.165) is 11.1 Å². The highest BCUT2D eigenvalue weighted by Gasteiger charge is 2.17. The molecule has 19 heavy (non-hydrogen) atoms. The number of anilines is 1. The molecule has 0 aliphatic carbocycles. The first-order valence-electron chi connectivity index (χ1n) is 6.22. The average molecular weight is 283 g/mol. The van der Waals surface area contributed by atoms with Gasteiger partial charge in [0.1, 0.15) is 0 Å². The van der Waals surface area contributed by atoms with E-state index in [0.29, 0.717) is 5.69 Å². The Bertz CT molecular complexity index is 473. The summed E-state index contributed by atoms with van der Waals surface area (Å²) < 4.78 is 0. The molecule has 2 amide bonds. The predicted molar refractivity (Wildman–Crippen MR) is 77.6 cm³/mol. The number of alkyl halides is 1. The van der Waals surface area contributed by atoms with Crippen molar-refractivity contribution in [3.8, 4) is 0 Å². The predicted octanol–water partition coefficient (Wildman–Crippen LogP) is 2.41. The number of halogens is 1. The lowest BCUT2D eigenvalue weighted by Gasteiger charge is -2.16. The molecule has 104 valence electrons. The van der Waals surface area contributed by atoms with Gasteiger partial charge >= 0.3 is 11.8 Å². The molecule has 0 unspecified atom stereocenters. The molecule has 0 spiro atoms. The zero-order chi connectivity index (χ0) is 14.4. The van der Waals surface area contributed by atoms with E-state index >= 15 is 0 Å². The molecule has 1 rings (SSSR count). The summed E-state index contributed by atoms with van der Waals surface area (Å²) >= 11 is 5.46. The van der Waals surface area contributed by atoms with Gasteiger partial charge < -0.3 is 10.6 Å². The monoisotopic (exact) mass is 282 g/mol. The fourth-order valence-corrected chi connectivity index (χ4v) is 1.85. The summed E-state index contributed by atoms with van der Waals surface area (Å²) in [6, 6.07) is 5.79. The maximum absolute atomic E-state index is 11.8. The van der Waals surface area contributed by atoms with Crippen molar-refractivity contribution in [2.75, 3.05) is 17.7 Å². The summed E-state index contributed by atoms with van der Waals surface area (Å²) in [4.78, 5) is 23.3. The van der Waals surface area contributed by atoms with Crippen LogP contribution in [0.4, 0.5) is 5.69 Å². The molecule has 2 N–H and O–H groups in total. The van der Waals surface area contributed by atoms with E-state index in [1.165, 1.54) is 0 Å². The summed E-state index contributed by atoms with van der Waals surface area (Å²) in [7, 11) is 0. The highest BCUT2D eigenvalue weighted by atomic mass is 35.5. The molecule has 0 saturated carbocycles. The van der Waals surface area contributed by atoms with Gasteiger partial charge in [0.05, 0.1) is 0 Å². The number of aryl methyl sites for hydroxylation is 1. The molecule has 4 nitrogen and oxygen atoms in total. The minimum absolute atomic E-state index is 0.265. The average Bonchev–Trinajstić information content (AvgIpc) is 2.37. The van der Waals surface area contributed by atoms with E-state index in [4.69, 9.17) is 11.6 Å². The Labute approximate surface area is 118 Å². The molecular weight excluding hydrogens is 264 g/mol. The van der Waals surface area contributed by atoms with Gasteiger partial charge in [0.15, 0.2) is 0 Å². The molecule has 0 fully saturated rings. The first kappa shape index (κ1) is 15.5. The van der Waals surface area contributed by atoms with Crippen molar-refractivity contribution in [2.45, 2.75) is 26.7 Å². The molecule has 1 aromatic rings. The van der Waals surface area contributed by atoms with Gasteiger partial charge in [-0.3, -0.25) is 9.59 Å². The SMILES string of the molecule is Cc1cccc(C(C)C)c1NC(=O)C(=O)NCCCl. The molecule has 0 aromatic heterocycles. The van der Waals surface area contributed by atoms with Crippen molar-refractivity contribution in [3.63, 3.8) is 0 Å². The van der Waals surface area contributed by atoms with Gasteiger partial charge in [0.25, 0.3) is 0 Å². The summed E-state index contributed by atoms with van der Waals surface area (Å²) in [5.41, 5.74) is 2.66. The maximum Gasteiger partial charge on any atom is 0.313 e. The number of hydrogen-bond donors (Lipinski definition) is 2. The van der Waals surface area contributed by atoms with Gasteiger partial charge in [0, 0.05) is 18.1 Å². The standard InChI is InChI=1S/C14H19ClN2O2/c1-9(2)11-6-4-5-10(3)12(11)17-14(19)13(18)16-8-7-15/h4-6,9H,7-8H2,1-3H3,(H,16,18)(H,17,19). The van der Waals surface area contributed by atoms with Crippen LogP contribution in [0.5, 0.6) is 0 Å². The van der Waals surface area contributed by atoms with Crippen LogP contribution < -0.4 is 10.6 Å². The van der Waals surface area contributed by atoms with Crippen LogP contribution in [0, 0.1) is 6.92 Å². The lowest BCUT2D eigenvalue weighted by Crippen LogP contribution is -2.36. The highest BCUT2D eigenvalue weighted by Crippen LogP contribution is 2.27. The molecule has 0 aliphatic rings. The van der Waals surface area contributed by atoms with Crippen LogP contribution in [0.15, 0.2) is 18.2 Å². The normalized spacial score (nSPS) is 10.4. The van der Waals surface area contributed by atoms with E-state index in [2.05, 4.69) is 10.6 Å².